The van der Waals surface area contributed by atoms with Gasteiger partial charge >= 0.3 is 6.03 Å². The number of nitrogens with one attached hydrogen (secondary N) is 1. The summed E-state index contributed by atoms with van der Waals surface area (Å²) in [6.45, 7) is 7.48. The number of carbonyl (C=O) groups is 1. The van der Waals surface area contributed by atoms with Crippen molar-refractivity contribution >= 4 is 17.4 Å². The van der Waals surface area contributed by atoms with Gasteiger partial charge in [0.15, 0.2) is 0 Å². The van der Waals surface area contributed by atoms with Gasteiger partial charge in [0.2, 0.25) is 0 Å². The van der Waals surface area contributed by atoms with E-state index in [1.807, 2.05) is 17.9 Å². The lowest BCUT2D eigenvalue weighted by atomic mass is 10.1. The highest BCUT2D eigenvalue weighted by Crippen LogP contribution is 2.23. The number of hydrogen-bond acceptors (Lipinski definition) is 4. The average Bonchev–Trinajstić information content (AvgIpc) is 3.19. The molecule has 0 radical (unpaired) electrons. The van der Waals surface area contributed by atoms with E-state index in [-0.39, 0.29) is 18.1 Å². The molecule has 2 amide bonds. The number of urea groups is 1. The highest BCUT2D eigenvalue weighted by atomic mass is 32.1. The quantitative estimate of drug-likeness (QED) is 0.894. The van der Waals surface area contributed by atoms with E-state index < -0.39 is 0 Å². The van der Waals surface area contributed by atoms with Gasteiger partial charge in [-0.3, -0.25) is 9.69 Å². The van der Waals surface area contributed by atoms with Crippen molar-refractivity contribution in [2.24, 2.45) is 7.05 Å². The Balaban J connectivity index is 1.51. The molecule has 3 heterocycles. The fourth-order valence-corrected chi connectivity index (χ4v) is 3.98. The molecule has 1 atom stereocenters. The van der Waals surface area contributed by atoms with E-state index in [1.54, 1.807) is 29.0 Å². The van der Waals surface area contributed by atoms with Crippen molar-refractivity contribution in [1.82, 2.24) is 19.7 Å². The Morgan fingerprint density at radius 2 is 1.96 bits per heavy atom. The van der Waals surface area contributed by atoms with Gasteiger partial charge in [-0.25, -0.2) is 4.79 Å². The largest absolute Gasteiger partial charge is 0.334 e. The molecule has 0 bridgehead atoms. The fraction of sp³-hybridized carbons (Fsp3) is 0.474. The third kappa shape index (κ3) is 3.99. The van der Waals surface area contributed by atoms with Crippen LogP contribution >= 0.6 is 11.3 Å². The predicted molar refractivity (Wildman–Crippen MR) is 105 cm³/mol. The first-order valence-electron chi connectivity index (χ1n) is 8.92. The van der Waals surface area contributed by atoms with Crippen LogP contribution in [0.1, 0.15) is 29.8 Å². The Morgan fingerprint density at radius 1 is 1.23 bits per heavy atom. The van der Waals surface area contributed by atoms with Crippen LogP contribution in [0.2, 0.25) is 0 Å². The summed E-state index contributed by atoms with van der Waals surface area (Å²) in [4.78, 5) is 28.9. The Bertz CT molecular complexity index is 807. The summed E-state index contributed by atoms with van der Waals surface area (Å²) in [5, 5.41) is 7.17. The van der Waals surface area contributed by atoms with Crippen molar-refractivity contribution in [2.75, 3.05) is 26.2 Å². The van der Waals surface area contributed by atoms with E-state index in [4.69, 9.17) is 0 Å². The monoisotopic (exact) mass is 374 g/mol. The standard InChI is InChI=1S/C19H26N4O2S/c1-14-4-5-16(18(24)21(14)3)12-20-19(25)23-9-7-22(8-10-23)15(2)17-6-11-26-13-17/h4-6,11,13,15H,7-10,12H2,1-3H3,(H,20,25). The summed E-state index contributed by atoms with van der Waals surface area (Å²) >= 11 is 1.72. The highest BCUT2D eigenvalue weighted by Gasteiger charge is 2.24. The normalized spacial score (nSPS) is 16.5. The second-order valence-corrected chi connectivity index (χ2v) is 7.56. The Hall–Kier alpha value is -2.12. The molecule has 7 heteroatoms. The zero-order chi connectivity index (χ0) is 18.7. The molecule has 1 saturated heterocycles. The predicted octanol–water partition coefficient (Wildman–Crippen LogP) is 2.34. The van der Waals surface area contributed by atoms with Gasteiger partial charge in [-0.05, 0) is 42.3 Å². The van der Waals surface area contributed by atoms with Crippen molar-refractivity contribution < 1.29 is 4.79 Å². The van der Waals surface area contributed by atoms with E-state index in [2.05, 4.69) is 34.0 Å². The van der Waals surface area contributed by atoms with Crippen molar-refractivity contribution in [3.8, 4) is 0 Å². The molecule has 2 aromatic rings. The summed E-state index contributed by atoms with van der Waals surface area (Å²) in [5.74, 6) is 0. The van der Waals surface area contributed by atoms with Crippen LogP contribution in [0.5, 0.6) is 0 Å². The number of aromatic nitrogens is 1. The van der Waals surface area contributed by atoms with Crippen molar-refractivity contribution in [3.63, 3.8) is 0 Å². The second-order valence-electron chi connectivity index (χ2n) is 6.78. The maximum absolute atomic E-state index is 12.4. The number of hydrogen-bond donors (Lipinski definition) is 1. The minimum atomic E-state index is -0.101. The molecule has 1 N–H and O–H groups in total. The molecular weight excluding hydrogens is 348 g/mol. The van der Waals surface area contributed by atoms with Gasteiger partial charge < -0.3 is 14.8 Å². The second kappa shape index (κ2) is 8.05. The molecule has 1 aliphatic heterocycles. The first-order valence-corrected chi connectivity index (χ1v) is 9.86. The van der Waals surface area contributed by atoms with Crippen LogP contribution in [0.3, 0.4) is 0 Å². The van der Waals surface area contributed by atoms with E-state index >= 15 is 0 Å². The molecule has 1 aliphatic rings. The molecule has 0 saturated carbocycles. The van der Waals surface area contributed by atoms with E-state index in [0.717, 1.165) is 18.8 Å². The summed E-state index contributed by atoms with van der Waals surface area (Å²) in [6.07, 6.45) is 0. The molecular formula is C19H26N4O2S. The molecule has 2 aromatic heterocycles. The van der Waals surface area contributed by atoms with E-state index in [0.29, 0.717) is 24.7 Å². The lowest BCUT2D eigenvalue weighted by molar-refractivity contribution is 0.114. The molecule has 0 aliphatic carbocycles. The van der Waals surface area contributed by atoms with Gasteiger partial charge in [0, 0.05) is 57.1 Å². The fourth-order valence-electron chi connectivity index (χ4n) is 3.23. The molecule has 1 unspecified atom stereocenters. The van der Waals surface area contributed by atoms with Crippen molar-refractivity contribution in [2.45, 2.75) is 26.4 Å². The number of pyridine rings is 1. The number of thiophene rings is 1. The molecule has 140 valence electrons. The van der Waals surface area contributed by atoms with Crippen LogP contribution in [0.4, 0.5) is 4.79 Å². The van der Waals surface area contributed by atoms with Crippen LogP contribution in [0.25, 0.3) is 0 Å². The summed E-state index contributed by atoms with van der Waals surface area (Å²) < 4.78 is 1.60. The summed E-state index contributed by atoms with van der Waals surface area (Å²) in [5.41, 5.74) is 2.79. The summed E-state index contributed by atoms with van der Waals surface area (Å²) in [7, 11) is 1.75. The molecule has 26 heavy (non-hydrogen) atoms. The van der Waals surface area contributed by atoms with Gasteiger partial charge in [-0.15, -0.1) is 0 Å². The Kier molecular flexibility index (Phi) is 5.78. The number of piperazine rings is 1. The maximum atomic E-state index is 12.4. The van der Waals surface area contributed by atoms with Crippen LogP contribution in [-0.2, 0) is 13.6 Å². The van der Waals surface area contributed by atoms with Gasteiger partial charge in [-0.2, -0.15) is 11.3 Å². The van der Waals surface area contributed by atoms with Gasteiger partial charge in [-0.1, -0.05) is 6.07 Å². The SMILES string of the molecule is Cc1ccc(CNC(=O)N2CCN(C(C)c3ccsc3)CC2)c(=O)n1C. The van der Waals surface area contributed by atoms with Gasteiger partial charge in [0.25, 0.3) is 5.56 Å². The summed E-state index contributed by atoms with van der Waals surface area (Å²) in [6, 6.07) is 6.13. The third-order valence-electron chi connectivity index (χ3n) is 5.24. The zero-order valence-corrected chi connectivity index (χ0v) is 16.4. The topological polar surface area (TPSA) is 57.6 Å². The number of carbonyl (C=O) groups excluding carboxylic acids is 1. The average molecular weight is 375 g/mol. The minimum Gasteiger partial charge on any atom is -0.334 e. The Morgan fingerprint density at radius 3 is 2.62 bits per heavy atom. The van der Waals surface area contributed by atoms with E-state index in [1.165, 1.54) is 5.56 Å². The van der Waals surface area contributed by atoms with Crippen LogP contribution in [0, 0.1) is 6.92 Å². The van der Waals surface area contributed by atoms with Gasteiger partial charge in [0.1, 0.15) is 0 Å². The first kappa shape index (κ1) is 18.7. The minimum absolute atomic E-state index is 0.0558. The maximum Gasteiger partial charge on any atom is 0.317 e. The smallest absolute Gasteiger partial charge is 0.317 e. The zero-order valence-electron chi connectivity index (χ0n) is 15.6. The van der Waals surface area contributed by atoms with Crippen molar-refractivity contribution in [3.05, 3.63) is 56.1 Å². The van der Waals surface area contributed by atoms with Crippen LogP contribution < -0.4 is 10.9 Å². The Labute approximate surface area is 158 Å². The van der Waals surface area contributed by atoms with E-state index in [9.17, 15) is 9.59 Å². The lowest BCUT2D eigenvalue weighted by Crippen LogP contribution is -2.52. The molecule has 0 aromatic carbocycles. The number of amides is 2. The highest BCUT2D eigenvalue weighted by molar-refractivity contribution is 7.07. The molecule has 6 nitrogen and oxygen atoms in total. The number of aryl methyl sites for hydroxylation is 1. The van der Waals surface area contributed by atoms with Crippen molar-refractivity contribution in [1.29, 1.82) is 0 Å². The first-order chi connectivity index (χ1) is 12.5. The lowest BCUT2D eigenvalue weighted by Gasteiger charge is -2.37. The molecule has 1 fully saturated rings. The number of nitrogens with zero attached hydrogens (tertiary/aromatic N) is 3. The van der Waals surface area contributed by atoms with Crippen LogP contribution in [0.15, 0.2) is 33.8 Å². The van der Waals surface area contributed by atoms with Crippen LogP contribution in [-0.4, -0.2) is 46.6 Å². The number of rotatable bonds is 4. The van der Waals surface area contributed by atoms with Gasteiger partial charge in [0.05, 0.1) is 0 Å². The third-order valence-corrected chi connectivity index (χ3v) is 5.94. The molecule has 0 spiro atoms. The molecule has 3 rings (SSSR count).